The molecule has 0 N–H and O–H groups in total. The van der Waals surface area contributed by atoms with Gasteiger partial charge >= 0.3 is 0 Å². The first-order chi connectivity index (χ1) is 33.0. The summed E-state index contributed by atoms with van der Waals surface area (Å²) in [6.07, 6.45) is 5.12. The van der Waals surface area contributed by atoms with Gasteiger partial charge in [-0.25, -0.2) is 0 Å². The van der Waals surface area contributed by atoms with E-state index in [1.54, 1.807) is 0 Å². The van der Waals surface area contributed by atoms with E-state index >= 15 is 0 Å². The molecule has 5 heterocycles. The Hall–Kier alpha value is -6.76. The fourth-order valence-corrected chi connectivity index (χ4v) is 13.2. The second kappa shape index (κ2) is 14.6. The number of fused-ring (bicyclic) bond motifs is 12. The molecule has 13 rings (SSSR count). The summed E-state index contributed by atoms with van der Waals surface area (Å²) >= 11 is 1.90. The van der Waals surface area contributed by atoms with Crippen LogP contribution in [-0.4, -0.2) is 12.8 Å². The summed E-state index contributed by atoms with van der Waals surface area (Å²) in [7, 11) is 0. The Labute approximate surface area is 411 Å². The Morgan fingerprint density at radius 3 is 1.88 bits per heavy atom. The smallest absolute Gasteiger partial charge is 0.247 e. The minimum Gasteiger partial charge on any atom is -0.458 e. The molecule has 1 aliphatic carbocycles. The van der Waals surface area contributed by atoms with Gasteiger partial charge in [-0.3, -0.25) is 0 Å². The molecule has 340 valence electrons. The number of hydrogen-bond acceptors (Lipinski definition) is 5. The van der Waals surface area contributed by atoms with Crippen molar-refractivity contribution in [3.8, 4) is 0 Å². The summed E-state index contributed by atoms with van der Waals surface area (Å²) in [5, 5.41) is 3.78. The van der Waals surface area contributed by atoms with Gasteiger partial charge < -0.3 is 19.1 Å². The summed E-state index contributed by atoms with van der Waals surface area (Å²) in [6.45, 7) is 23.1. The predicted molar refractivity (Wildman–Crippen MR) is 296 cm³/mol. The van der Waals surface area contributed by atoms with Crippen molar-refractivity contribution in [3.05, 3.63) is 191 Å². The number of nitrogens with zero attached hydrogens (tertiary/aromatic N) is 3. The van der Waals surface area contributed by atoms with Crippen LogP contribution in [0.1, 0.15) is 90.7 Å². The zero-order valence-corrected chi connectivity index (χ0v) is 42.2. The van der Waals surface area contributed by atoms with Gasteiger partial charge in [0.25, 0.3) is 0 Å². The Balaban J connectivity index is 1.11. The maximum atomic E-state index is 7.00. The molecule has 9 aromatic rings. The van der Waals surface area contributed by atoms with Crippen molar-refractivity contribution in [1.82, 2.24) is 0 Å². The van der Waals surface area contributed by atoms with Gasteiger partial charge in [0.1, 0.15) is 11.3 Å². The van der Waals surface area contributed by atoms with Crippen LogP contribution in [0.5, 0.6) is 0 Å². The van der Waals surface area contributed by atoms with E-state index in [9.17, 15) is 0 Å². The van der Waals surface area contributed by atoms with Crippen molar-refractivity contribution in [1.29, 1.82) is 0 Å². The Kier molecular flexibility index (Phi) is 8.98. The van der Waals surface area contributed by atoms with Crippen LogP contribution in [0.3, 0.4) is 0 Å². The van der Waals surface area contributed by atoms with Crippen molar-refractivity contribution >= 4 is 106 Å². The molecular weight excluding hydrogens is 858 g/mol. The van der Waals surface area contributed by atoms with Gasteiger partial charge in [-0.2, -0.15) is 0 Å². The highest BCUT2D eigenvalue weighted by molar-refractivity contribution is 7.26. The van der Waals surface area contributed by atoms with Crippen molar-refractivity contribution < 1.29 is 4.42 Å². The lowest BCUT2D eigenvalue weighted by molar-refractivity contribution is 0.488. The van der Waals surface area contributed by atoms with Crippen molar-refractivity contribution in [2.45, 2.75) is 92.0 Å². The fourth-order valence-electron chi connectivity index (χ4n) is 12.0. The average molecular weight is 916 g/mol. The topological polar surface area (TPSA) is 22.9 Å². The predicted octanol–water partition coefficient (Wildman–Crippen LogP) is 16.6. The van der Waals surface area contributed by atoms with Gasteiger partial charge in [0.15, 0.2) is 0 Å². The van der Waals surface area contributed by atoms with E-state index in [0.29, 0.717) is 0 Å². The zero-order valence-electron chi connectivity index (χ0n) is 41.4. The quantitative estimate of drug-likeness (QED) is 0.164. The van der Waals surface area contributed by atoms with Crippen LogP contribution in [0.25, 0.3) is 31.1 Å². The van der Waals surface area contributed by atoms with E-state index in [0.717, 1.165) is 28.4 Å². The second-order valence-electron chi connectivity index (χ2n) is 23.1. The lowest BCUT2D eigenvalue weighted by Gasteiger charge is -2.48. The van der Waals surface area contributed by atoms with Crippen LogP contribution in [0.15, 0.2) is 173 Å². The molecule has 0 saturated heterocycles. The van der Waals surface area contributed by atoms with E-state index in [2.05, 4.69) is 242 Å². The molecule has 2 atom stereocenters. The van der Waals surface area contributed by atoms with Crippen LogP contribution in [-0.2, 0) is 10.8 Å². The van der Waals surface area contributed by atoms with Gasteiger partial charge in [0.05, 0.1) is 28.0 Å². The third kappa shape index (κ3) is 6.33. The zero-order chi connectivity index (χ0) is 47.5. The third-order valence-electron chi connectivity index (χ3n) is 15.5. The standard InChI is InChI=1S/C63H58BN3OS/c1-37-32-52-56-53(33-37)67-57-47(59-58(67)46-17-11-13-20-54(46)68-59)34-40(63(8,9)10)35-49(57)64(56)48-31-30-43(36-51(48)66(52)50-19-15-18-45-44-16-12-14-21-55(44)69-60(45)50)65(41-26-22-38(23-27-41)61(2,3)4)42-28-24-39(25-29-42)62(5,6)7/h11-36,47,57H,1-10H3. The van der Waals surface area contributed by atoms with E-state index < -0.39 is 0 Å². The monoisotopic (exact) mass is 915 g/mol. The minimum absolute atomic E-state index is 0.0215. The fraction of sp³-hybridized carbons (Fsp3) is 0.238. The first-order valence-electron chi connectivity index (χ1n) is 24.8. The maximum Gasteiger partial charge on any atom is 0.247 e. The number of allylic oxidation sites excluding steroid dienone is 2. The molecular formula is C63H58BN3OS. The normalized spacial score (nSPS) is 17.2. The van der Waals surface area contributed by atoms with Crippen molar-refractivity contribution in [2.24, 2.45) is 5.41 Å². The number of aryl methyl sites for hydroxylation is 1. The molecule has 0 radical (unpaired) electrons. The molecule has 0 fully saturated rings. The highest BCUT2D eigenvalue weighted by Crippen LogP contribution is 2.59. The van der Waals surface area contributed by atoms with Gasteiger partial charge in [0.2, 0.25) is 6.71 Å². The van der Waals surface area contributed by atoms with E-state index in [1.807, 2.05) is 11.3 Å². The average Bonchev–Trinajstić information content (AvgIpc) is 3.99. The molecule has 2 aromatic heterocycles. The summed E-state index contributed by atoms with van der Waals surface area (Å²) in [4.78, 5) is 7.78. The number of benzene rings is 7. The number of hydrogen-bond donors (Lipinski definition) is 0. The lowest BCUT2D eigenvalue weighted by atomic mass is 9.31. The molecule has 7 aromatic carbocycles. The first-order valence-corrected chi connectivity index (χ1v) is 25.6. The van der Waals surface area contributed by atoms with Crippen LogP contribution in [0, 0.1) is 12.3 Å². The Morgan fingerprint density at radius 2 is 1.20 bits per heavy atom. The van der Waals surface area contributed by atoms with Crippen LogP contribution in [0.2, 0.25) is 0 Å². The van der Waals surface area contributed by atoms with Crippen molar-refractivity contribution in [2.75, 3.05) is 14.7 Å². The summed E-state index contributed by atoms with van der Waals surface area (Å²) in [6, 6.07) is 55.4. The number of rotatable bonds is 4. The summed E-state index contributed by atoms with van der Waals surface area (Å²) in [5.74, 6) is 1.16. The molecule has 0 amide bonds. The Morgan fingerprint density at radius 1 is 0.580 bits per heavy atom. The minimum atomic E-state index is -0.0657. The van der Waals surface area contributed by atoms with Gasteiger partial charge in [0, 0.05) is 55.0 Å². The second-order valence-corrected chi connectivity index (χ2v) is 24.1. The van der Waals surface area contributed by atoms with Gasteiger partial charge in [-0.05, 0) is 129 Å². The number of thiophene rings is 1. The molecule has 0 saturated carbocycles. The molecule has 2 unspecified atom stereocenters. The number of furan rings is 1. The molecule has 4 nitrogen and oxygen atoms in total. The van der Waals surface area contributed by atoms with Gasteiger partial charge in [-0.15, -0.1) is 11.3 Å². The van der Waals surface area contributed by atoms with E-state index in [4.69, 9.17) is 4.42 Å². The number of anilines is 8. The van der Waals surface area contributed by atoms with Crippen molar-refractivity contribution in [3.63, 3.8) is 0 Å². The Bertz CT molecular complexity index is 3610. The summed E-state index contributed by atoms with van der Waals surface area (Å²) < 4.78 is 9.59. The van der Waals surface area contributed by atoms with E-state index in [1.165, 1.54) is 92.7 Å². The maximum absolute atomic E-state index is 7.00. The SMILES string of the molecule is Cc1cc2c3c(c1)N1c4c(oc5ccccc45)C4C=C(C(C)(C)C)C=C(B3c3ccc(N(c5ccc(C(C)(C)C)cc5)c5ccc(C(C)(C)C)cc5)cc3N2c2cccc3c2sc2ccccc23)C41. The molecule has 6 heteroatoms. The lowest BCUT2D eigenvalue weighted by Crippen LogP contribution is -2.61. The molecule has 3 aliphatic heterocycles. The largest absolute Gasteiger partial charge is 0.458 e. The van der Waals surface area contributed by atoms with E-state index in [-0.39, 0.29) is 34.9 Å². The highest BCUT2D eigenvalue weighted by Gasteiger charge is 2.55. The van der Waals surface area contributed by atoms with Crippen LogP contribution < -0.4 is 25.6 Å². The molecule has 69 heavy (non-hydrogen) atoms. The first kappa shape index (κ1) is 42.4. The highest BCUT2D eigenvalue weighted by atomic mass is 32.1. The van der Waals surface area contributed by atoms with Crippen LogP contribution >= 0.6 is 11.3 Å². The van der Waals surface area contributed by atoms with Crippen LogP contribution in [0.4, 0.5) is 45.5 Å². The molecule has 0 bridgehead atoms. The summed E-state index contributed by atoms with van der Waals surface area (Å²) in [5.41, 5.74) is 19.9. The third-order valence-corrected chi connectivity index (χ3v) is 16.7. The van der Waals surface area contributed by atoms with Gasteiger partial charge in [-0.1, -0.05) is 153 Å². The number of para-hydroxylation sites is 1. The molecule has 4 aliphatic rings. The molecule has 0 spiro atoms.